The number of hydrogen-bond donors (Lipinski definition) is 1. The zero-order valence-electron chi connectivity index (χ0n) is 11.7. The molecule has 4 nitrogen and oxygen atoms in total. The highest BCUT2D eigenvalue weighted by Crippen LogP contribution is 2.73. The molecule has 2 rings (SSSR count). The van der Waals surface area contributed by atoms with Crippen molar-refractivity contribution in [3.8, 4) is 0 Å². The Hall–Kier alpha value is -0.900. The number of hydrogen-bond acceptors (Lipinski definition) is 4. The average molecular weight is 237 g/mol. The third-order valence-corrected chi connectivity index (χ3v) is 4.78. The highest BCUT2D eigenvalue weighted by atomic mass is 16.4. The van der Waals surface area contributed by atoms with Gasteiger partial charge in [0.1, 0.15) is 0 Å². The average Bonchev–Trinajstić information content (AvgIpc) is 2.60. The summed E-state index contributed by atoms with van der Waals surface area (Å²) in [6.45, 7) is 11.2. The highest BCUT2D eigenvalue weighted by molar-refractivity contribution is 5.24. The fraction of sp³-hybridized carbons (Fsp3) is 0.846. The van der Waals surface area contributed by atoms with Crippen LogP contribution in [0.4, 0.5) is 0 Å². The van der Waals surface area contributed by atoms with Gasteiger partial charge in [-0.1, -0.05) is 34.6 Å². The smallest absolute Gasteiger partial charge is 0.233 e. The van der Waals surface area contributed by atoms with Crippen molar-refractivity contribution < 1.29 is 4.42 Å². The predicted molar refractivity (Wildman–Crippen MR) is 66.7 cm³/mol. The highest BCUT2D eigenvalue weighted by Gasteiger charge is 2.67. The van der Waals surface area contributed by atoms with Gasteiger partial charge in [-0.25, -0.2) is 0 Å². The Morgan fingerprint density at radius 3 is 2.24 bits per heavy atom. The largest absolute Gasteiger partial charge is 0.423 e. The number of aromatic nitrogens is 2. The van der Waals surface area contributed by atoms with Gasteiger partial charge in [0.25, 0.3) is 0 Å². The Labute approximate surface area is 103 Å². The molecule has 0 radical (unpaired) electrons. The van der Waals surface area contributed by atoms with Crippen molar-refractivity contribution in [2.45, 2.75) is 53.0 Å². The Morgan fingerprint density at radius 2 is 1.82 bits per heavy atom. The fourth-order valence-electron chi connectivity index (χ4n) is 2.82. The molecule has 1 aliphatic rings. The molecule has 0 spiro atoms. The van der Waals surface area contributed by atoms with Crippen molar-refractivity contribution in [2.24, 2.45) is 10.8 Å². The van der Waals surface area contributed by atoms with E-state index in [0.717, 1.165) is 12.3 Å². The molecule has 0 saturated heterocycles. The summed E-state index contributed by atoms with van der Waals surface area (Å²) in [4.78, 5) is 0. The Kier molecular flexibility index (Phi) is 2.81. The van der Waals surface area contributed by atoms with Crippen molar-refractivity contribution >= 4 is 0 Å². The Bertz CT molecular complexity index is 391. The summed E-state index contributed by atoms with van der Waals surface area (Å²) in [5, 5.41) is 11.6. The lowest BCUT2D eigenvalue weighted by Gasteiger charge is -2.07. The Balaban J connectivity index is 2.21. The minimum absolute atomic E-state index is 0.168. The van der Waals surface area contributed by atoms with E-state index in [1.165, 1.54) is 0 Å². The molecule has 1 fully saturated rings. The van der Waals surface area contributed by atoms with Crippen LogP contribution in [0.15, 0.2) is 4.42 Å². The summed E-state index contributed by atoms with van der Waals surface area (Å²) in [7, 11) is 1.92. The fourth-order valence-corrected chi connectivity index (χ4v) is 2.82. The van der Waals surface area contributed by atoms with E-state index in [0.29, 0.717) is 11.8 Å². The zero-order valence-corrected chi connectivity index (χ0v) is 11.7. The SMILES string of the molecule is CCC(NC)c1nnc(C2C(C)(C)C2(C)C)o1. The summed E-state index contributed by atoms with van der Waals surface area (Å²) in [5.74, 6) is 1.89. The first kappa shape index (κ1) is 12.6. The van der Waals surface area contributed by atoms with E-state index in [1.807, 2.05) is 7.05 Å². The van der Waals surface area contributed by atoms with Crippen molar-refractivity contribution in [2.75, 3.05) is 7.05 Å². The molecule has 1 saturated carbocycles. The topological polar surface area (TPSA) is 51.0 Å². The molecule has 1 aromatic rings. The summed E-state index contributed by atoms with van der Waals surface area (Å²) < 4.78 is 5.84. The molecule has 17 heavy (non-hydrogen) atoms. The van der Waals surface area contributed by atoms with E-state index in [9.17, 15) is 0 Å². The van der Waals surface area contributed by atoms with Gasteiger partial charge in [0.2, 0.25) is 11.8 Å². The molecule has 1 unspecified atom stereocenters. The van der Waals surface area contributed by atoms with Gasteiger partial charge in [0, 0.05) is 5.92 Å². The second-order valence-electron chi connectivity index (χ2n) is 6.10. The van der Waals surface area contributed by atoms with Gasteiger partial charge in [0.15, 0.2) is 0 Å². The standard InChI is InChI=1S/C13H23N3O/c1-7-8(14-6)10-15-16-11(17-10)9-12(2,3)13(9,4)5/h8-9,14H,7H2,1-6H3. The van der Waals surface area contributed by atoms with Crippen LogP contribution in [0, 0.1) is 10.8 Å². The molecule has 0 amide bonds. The lowest BCUT2D eigenvalue weighted by Crippen LogP contribution is -2.15. The van der Waals surface area contributed by atoms with Gasteiger partial charge in [-0.15, -0.1) is 10.2 Å². The van der Waals surface area contributed by atoms with Crippen LogP contribution in [0.1, 0.15) is 64.8 Å². The molecule has 1 heterocycles. The first-order chi connectivity index (χ1) is 7.86. The summed E-state index contributed by atoms with van der Waals surface area (Å²) >= 11 is 0. The molecule has 96 valence electrons. The first-order valence-corrected chi connectivity index (χ1v) is 6.36. The van der Waals surface area contributed by atoms with Crippen LogP contribution in [-0.2, 0) is 0 Å². The first-order valence-electron chi connectivity index (χ1n) is 6.36. The van der Waals surface area contributed by atoms with Crippen molar-refractivity contribution in [3.05, 3.63) is 11.8 Å². The van der Waals surface area contributed by atoms with Crippen LogP contribution in [0.25, 0.3) is 0 Å². The molecular formula is C13H23N3O. The van der Waals surface area contributed by atoms with Crippen LogP contribution in [0.5, 0.6) is 0 Å². The van der Waals surface area contributed by atoms with E-state index in [1.54, 1.807) is 0 Å². The van der Waals surface area contributed by atoms with Crippen LogP contribution >= 0.6 is 0 Å². The number of nitrogens with zero attached hydrogens (tertiary/aromatic N) is 2. The lowest BCUT2D eigenvalue weighted by atomic mass is 10.0. The Morgan fingerprint density at radius 1 is 1.24 bits per heavy atom. The maximum absolute atomic E-state index is 5.84. The maximum Gasteiger partial charge on any atom is 0.233 e. The molecule has 0 aliphatic heterocycles. The minimum Gasteiger partial charge on any atom is -0.423 e. The zero-order chi connectivity index (χ0) is 12.8. The molecule has 0 bridgehead atoms. The van der Waals surface area contributed by atoms with Gasteiger partial charge in [-0.2, -0.15) is 0 Å². The molecule has 4 heteroatoms. The van der Waals surface area contributed by atoms with Gasteiger partial charge >= 0.3 is 0 Å². The van der Waals surface area contributed by atoms with E-state index >= 15 is 0 Å². The van der Waals surface area contributed by atoms with Crippen molar-refractivity contribution in [3.63, 3.8) is 0 Å². The van der Waals surface area contributed by atoms with Gasteiger partial charge in [-0.3, -0.25) is 0 Å². The predicted octanol–water partition coefficient (Wildman–Crippen LogP) is 2.89. The quantitative estimate of drug-likeness (QED) is 0.874. The van der Waals surface area contributed by atoms with Crippen molar-refractivity contribution in [1.29, 1.82) is 0 Å². The molecule has 0 aromatic carbocycles. The van der Waals surface area contributed by atoms with Gasteiger partial charge in [0.05, 0.1) is 6.04 Å². The summed E-state index contributed by atoms with van der Waals surface area (Å²) in [6, 6.07) is 0.168. The molecule has 1 atom stereocenters. The van der Waals surface area contributed by atoms with Crippen LogP contribution in [0.3, 0.4) is 0 Å². The molecule has 1 aromatic heterocycles. The third-order valence-electron chi connectivity index (χ3n) is 4.78. The van der Waals surface area contributed by atoms with Crippen LogP contribution < -0.4 is 5.32 Å². The van der Waals surface area contributed by atoms with E-state index < -0.39 is 0 Å². The van der Waals surface area contributed by atoms with E-state index in [-0.39, 0.29) is 16.9 Å². The number of rotatable bonds is 4. The monoisotopic (exact) mass is 237 g/mol. The minimum atomic E-state index is 0.168. The van der Waals surface area contributed by atoms with Crippen molar-refractivity contribution in [1.82, 2.24) is 15.5 Å². The number of nitrogens with one attached hydrogen (secondary N) is 1. The van der Waals surface area contributed by atoms with Gasteiger partial charge < -0.3 is 9.73 Å². The maximum atomic E-state index is 5.84. The third kappa shape index (κ3) is 1.69. The van der Waals surface area contributed by atoms with Gasteiger partial charge in [-0.05, 0) is 24.3 Å². The molecular weight excluding hydrogens is 214 g/mol. The van der Waals surface area contributed by atoms with Crippen LogP contribution in [0.2, 0.25) is 0 Å². The van der Waals surface area contributed by atoms with E-state index in [4.69, 9.17) is 4.42 Å². The summed E-state index contributed by atoms with van der Waals surface area (Å²) in [6.07, 6.45) is 0.954. The second kappa shape index (κ2) is 3.80. The van der Waals surface area contributed by atoms with Crippen LogP contribution in [-0.4, -0.2) is 17.2 Å². The normalized spacial score (nSPS) is 23.6. The lowest BCUT2D eigenvalue weighted by molar-refractivity contribution is 0.377. The molecule has 1 N–H and O–H groups in total. The van der Waals surface area contributed by atoms with E-state index in [2.05, 4.69) is 50.1 Å². The second-order valence-corrected chi connectivity index (χ2v) is 6.10. The summed E-state index contributed by atoms with van der Waals surface area (Å²) in [5.41, 5.74) is 0.496. The molecule has 1 aliphatic carbocycles.